The van der Waals surface area contributed by atoms with Crippen LogP contribution in [0.2, 0.25) is 0 Å². The van der Waals surface area contributed by atoms with Crippen molar-refractivity contribution in [3.63, 3.8) is 0 Å². The summed E-state index contributed by atoms with van der Waals surface area (Å²) < 4.78 is 23.1. The molecule has 2 aliphatic rings. The summed E-state index contributed by atoms with van der Waals surface area (Å²) in [7, 11) is 0. The molecule has 0 amide bonds. The quantitative estimate of drug-likeness (QED) is 0.250. The third-order valence-electron chi connectivity index (χ3n) is 7.27. The summed E-state index contributed by atoms with van der Waals surface area (Å²) in [6, 6.07) is 31.8. The Balaban J connectivity index is 1.46. The van der Waals surface area contributed by atoms with Gasteiger partial charge >= 0.3 is 0 Å². The number of aliphatic imine (C=N–C) groups is 2. The van der Waals surface area contributed by atoms with Crippen LogP contribution in [0.5, 0.6) is 5.75 Å². The number of halogens is 1. The van der Waals surface area contributed by atoms with Gasteiger partial charge < -0.3 is 15.0 Å². The summed E-state index contributed by atoms with van der Waals surface area (Å²) in [5, 5.41) is 8.38. The van der Waals surface area contributed by atoms with E-state index >= 15 is 4.39 Å². The summed E-state index contributed by atoms with van der Waals surface area (Å²) in [6.07, 6.45) is 0. The van der Waals surface area contributed by atoms with E-state index in [1.54, 1.807) is 6.07 Å². The van der Waals surface area contributed by atoms with Crippen LogP contribution in [0.15, 0.2) is 113 Å². The lowest BCUT2D eigenvalue weighted by molar-refractivity contribution is 0.340. The normalized spacial score (nSPS) is 15.3. The molecule has 5 aromatic rings. The topological polar surface area (TPSA) is 67.0 Å². The van der Waals surface area contributed by atoms with Gasteiger partial charge in [0.2, 0.25) is 0 Å². The monoisotopic (exact) mass is 542 g/mol. The number of fused-ring (bicyclic) bond motifs is 4. The van der Waals surface area contributed by atoms with Crippen molar-refractivity contribution in [3.05, 3.63) is 126 Å². The number of hydrogen-bond donors (Lipinski definition) is 1. The third-order valence-corrected chi connectivity index (χ3v) is 7.27. The molecule has 0 saturated heterocycles. The van der Waals surface area contributed by atoms with Gasteiger partial charge in [0.05, 0.1) is 35.4 Å². The number of anilines is 2. The van der Waals surface area contributed by atoms with Gasteiger partial charge in [0.1, 0.15) is 11.6 Å². The van der Waals surface area contributed by atoms with Gasteiger partial charge in [0.25, 0.3) is 0 Å². The molecular weight excluding hydrogens is 515 g/mol. The Morgan fingerprint density at radius 3 is 2.37 bits per heavy atom. The number of ether oxygens (including phenoxy) is 1. The van der Waals surface area contributed by atoms with Gasteiger partial charge in [-0.15, -0.1) is 0 Å². The largest absolute Gasteiger partial charge is 0.494 e. The van der Waals surface area contributed by atoms with Crippen LogP contribution in [0.1, 0.15) is 29.8 Å². The Hall–Kier alpha value is -5.24. The number of nitrogens with one attached hydrogen (secondary N) is 1. The fourth-order valence-electron chi connectivity index (χ4n) is 5.48. The molecular formula is C33H27FN6O. The van der Waals surface area contributed by atoms with Gasteiger partial charge in [-0.3, -0.25) is 0 Å². The molecule has 3 heterocycles. The first-order valence-electron chi connectivity index (χ1n) is 13.6. The Kier molecular flexibility index (Phi) is 6.08. The maximum atomic E-state index is 15.7. The lowest BCUT2D eigenvalue weighted by Crippen LogP contribution is -2.46. The van der Waals surface area contributed by atoms with E-state index in [9.17, 15) is 0 Å². The zero-order valence-electron chi connectivity index (χ0n) is 22.6. The highest BCUT2D eigenvalue weighted by molar-refractivity contribution is 6.51. The van der Waals surface area contributed by atoms with Crippen LogP contribution in [0, 0.1) is 12.7 Å². The highest BCUT2D eigenvalue weighted by Gasteiger charge is 2.42. The summed E-state index contributed by atoms with van der Waals surface area (Å²) in [5.74, 6) is 2.28. The minimum absolute atomic E-state index is 0.294. The van der Waals surface area contributed by atoms with Crippen molar-refractivity contribution in [2.75, 3.05) is 16.8 Å². The number of aryl methyl sites for hydroxylation is 1. The molecule has 0 radical (unpaired) electrons. The average Bonchev–Trinajstić information content (AvgIpc) is 3.34. The molecule has 2 aliphatic heterocycles. The molecule has 0 aliphatic carbocycles. The molecule has 0 spiro atoms. The molecule has 1 N–H and O–H groups in total. The molecule has 1 unspecified atom stereocenters. The molecule has 0 bridgehead atoms. The standard InChI is InChI=1S/C33H27FN6O/c1-3-41-24-19-17-22(18-20-24)35-31-33-37-32-29(21(2)38-40(32)23-11-5-4-6-12-23)30(25-13-7-8-14-26(25)34)39(33)28-16-10-9-15-27(28)36-31/h4-20,30H,3H2,1-2H3,(H,35,36). The highest BCUT2D eigenvalue weighted by atomic mass is 19.1. The van der Waals surface area contributed by atoms with Gasteiger partial charge in [0, 0.05) is 16.8 Å². The fraction of sp³-hybridized carbons (Fsp3) is 0.121. The van der Waals surface area contributed by atoms with Gasteiger partial charge in [0.15, 0.2) is 17.5 Å². The van der Waals surface area contributed by atoms with Crippen molar-refractivity contribution in [3.8, 4) is 11.4 Å². The molecule has 41 heavy (non-hydrogen) atoms. The van der Waals surface area contributed by atoms with Gasteiger partial charge in [-0.2, -0.15) is 5.10 Å². The Morgan fingerprint density at radius 1 is 0.854 bits per heavy atom. The number of amidine groups is 2. The predicted octanol–water partition coefficient (Wildman–Crippen LogP) is 7.51. The lowest BCUT2D eigenvalue weighted by Gasteiger charge is -2.40. The minimum Gasteiger partial charge on any atom is -0.494 e. The lowest BCUT2D eigenvalue weighted by atomic mass is 9.93. The zero-order valence-corrected chi connectivity index (χ0v) is 22.6. The molecule has 7 rings (SSSR count). The first kappa shape index (κ1) is 24.8. The highest BCUT2D eigenvalue weighted by Crippen LogP contribution is 2.48. The molecule has 1 aromatic heterocycles. The average molecular weight is 543 g/mol. The first-order valence-corrected chi connectivity index (χ1v) is 13.6. The molecule has 8 heteroatoms. The van der Waals surface area contributed by atoms with Gasteiger partial charge in [-0.05, 0) is 68.4 Å². The number of rotatable bonds is 5. The summed E-state index contributed by atoms with van der Waals surface area (Å²) in [5.41, 5.74) is 5.47. The Morgan fingerprint density at radius 2 is 1.59 bits per heavy atom. The summed E-state index contributed by atoms with van der Waals surface area (Å²) >= 11 is 0. The molecule has 1 atom stereocenters. The summed E-state index contributed by atoms with van der Waals surface area (Å²) in [4.78, 5) is 12.3. The SMILES string of the molecule is CCOc1ccc(NC2=Nc3ccccc3N3C2=Nc2c(c(C)nn2-c2ccccc2)C3c2ccccc2F)cc1. The maximum absolute atomic E-state index is 15.7. The number of para-hydroxylation sites is 3. The van der Waals surface area contributed by atoms with Crippen LogP contribution >= 0.6 is 0 Å². The smallest absolute Gasteiger partial charge is 0.179 e. The van der Waals surface area contributed by atoms with Crippen molar-refractivity contribution in [1.29, 1.82) is 0 Å². The number of benzene rings is 4. The third kappa shape index (κ3) is 4.24. The van der Waals surface area contributed by atoms with Gasteiger partial charge in [-0.1, -0.05) is 48.5 Å². The van der Waals surface area contributed by atoms with Crippen LogP contribution < -0.4 is 15.0 Å². The van der Waals surface area contributed by atoms with Crippen molar-refractivity contribution in [2.45, 2.75) is 19.9 Å². The minimum atomic E-state index is -0.523. The van der Waals surface area contributed by atoms with Crippen LogP contribution in [-0.2, 0) is 0 Å². The van der Waals surface area contributed by atoms with E-state index in [-0.39, 0.29) is 5.82 Å². The fourth-order valence-corrected chi connectivity index (χ4v) is 5.48. The van der Waals surface area contributed by atoms with Crippen molar-refractivity contribution in [1.82, 2.24) is 9.78 Å². The van der Waals surface area contributed by atoms with E-state index in [1.165, 1.54) is 6.07 Å². The van der Waals surface area contributed by atoms with Crippen molar-refractivity contribution < 1.29 is 9.13 Å². The molecule has 0 fully saturated rings. The van der Waals surface area contributed by atoms with Crippen molar-refractivity contribution >= 4 is 34.6 Å². The molecule has 0 saturated carbocycles. The van der Waals surface area contributed by atoms with E-state index in [0.717, 1.165) is 39.8 Å². The van der Waals surface area contributed by atoms with Crippen LogP contribution in [-0.4, -0.2) is 28.1 Å². The number of aromatic nitrogens is 2. The predicted molar refractivity (Wildman–Crippen MR) is 161 cm³/mol. The van der Waals surface area contributed by atoms with Crippen molar-refractivity contribution in [2.24, 2.45) is 9.98 Å². The molecule has 4 aromatic carbocycles. The number of nitrogens with zero attached hydrogens (tertiary/aromatic N) is 5. The van der Waals surface area contributed by atoms with E-state index in [0.29, 0.717) is 29.7 Å². The van der Waals surface area contributed by atoms with E-state index in [4.69, 9.17) is 19.8 Å². The molecule has 7 nitrogen and oxygen atoms in total. The Bertz CT molecular complexity index is 1810. The second kappa shape index (κ2) is 10.1. The second-order valence-corrected chi connectivity index (χ2v) is 9.83. The second-order valence-electron chi connectivity index (χ2n) is 9.83. The van der Waals surface area contributed by atoms with Crippen LogP contribution in [0.25, 0.3) is 5.69 Å². The Labute approximate surface area is 237 Å². The van der Waals surface area contributed by atoms with Crippen LogP contribution in [0.3, 0.4) is 0 Å². The zero-order chi connectivity index (χ0) is 27.9. The number of hydrogen-bond acceptors (Lipinski definition) is 6. The van der Waals surface area contributed by atoms with Crippen LogP contribution in [0.4, 0.5) is 27.3 Å². The van der Waals surface area contributed by atoms with E-state index in [1.807, 2.05) is 110 Å². The first-order chi connectivity index (χ1) is 20.1. The summed E-state index contributed by atoms with van der Waals surface area (Å²) in [6.45, 7) is 4.50. The van der Waals surface area contributed by atoms with E-state index < -0.39 is 6.04 Å². The van der Waals surface area contributed by atoms with E-state index in [2.05, 4.69) is 10.2 Å². The molecule has 202 valence electrons. The maximum Gasteiger partial charge on any atom is 0.179 e. The van der Waals surface area contributed by atoms with Gasteiger partial charge in [-0.25, -0.2) is 19.1 Å².